The molecule has 3 amide bonds. The SMILES string of the molecule is C#CC[C@H](NC(=O)[C@@H](CC(=O)N(C)CCN(CC)CC)Cc1ccccc1)C(=O)N[C@@H](CC1CCCCC1)[C@@H](O)[C@@H](O)C1CC1. The van der Waals surface area contributed by atoms with Crippen LogP contribution in [0.3, 0.4) is 0 Å². The fraction of sp³-hybridized carbons (Fsp3) is 0.694. The lowest BCUT2D eigenvalue weighted by Crippen LogP contribution is -2.56. The fourth-order valence-electron chi connectivity index (χ4n) is 6.40. The van der Waals surface area contributed by atoms with E-state index in [2.05, 4.69) is 35.3 Å². The van der Waals surface area contributed by atoms with Gasteiger partial charge in [0.15, 0.2) is 0 Å². The molecule has 0 bridgehead atoms. The van der Waals surface area contributed by atoms with E-state index in [4.69, 9.17) is 6.42 Å². The lowest BCUT2D eigenvalue weighted by atomic mass is 9.82. The highest BCUT2D eigenvalue weighted by atomic mass is 16.3. The molecule has 0 heterocycles. The molecule has 2 aliphatic rings. The number of nitrogens with zero attached hydrogens (tertiary/aromatic N) is 2. The lowest BCUT2D eigenvalue weighted by molar-refractivity contribution is -0.137. The molecule has 2 aliphatic carbocycles. The van der Waals surface area contributed by atoms with Crippen molar-refractivity contribution in [3.05, 3.63) is 35.9 Å². The number of benzene rings is 1. The summed E-state index contributed by atoms with van der Waals surface area (Å²) in [4.78, 5) is 44.6. The molecule has 250 valence electrons. The average Bonchev–Trinajstić information content (AvgIpc) is 3.90. The minimum atomic E-state index is -1.10. The molecule has 0 aliphatic heterocycles. The topological polar surface area (TPSA) is 122 Å². The van der Waals surface area contributed by atoms with Gasteiger partial charge >= 0.3 is 0 Å². The van der Waals surface area contributed by atoms with Gasteiger partial charge in [0.1, 0.15) is 12.1 Å². The van der Waals surface area contributed by atoms with Crippen molar-refractivity contribution < 1.29 is 24.6 Å². The zero-order chi connectivity index (χ0) is 32.8. The molecule has 45 heavy (non-hydrogen) atoms. The highest BCUT2D eigenvalue weighted by molar-refractivity contribution is 5.91. The van der Waals surface area contributed by atoms with Crippen LogP contribution in [0, 0.1) is 30.1 Å². The van der Waals surface area contributed by atoms with Crippen molar-refractivity contribution in [2.24, 2.45) is 17.8 Å². The van der Waals surface area contributed by atoms with Gasteiger partial charge in [0.2, 0.25) is 17.7 Å². The van der Waals surface area contributed by atoms with E-state index in [1.165, 1.54) is 6.42 Å². The number of hydrogen-bond acceptors (Lipinski definition) is 6. The molecule has 0 saturated heterocycles. The molecular weight excluding hydrogens is 568 g/mol. The van der Waals surface area contributed by atoms with Crippen molar-refractivity contribution in [2.75, 3.05) is 33.2 Å². The van der Waals surface area contributed by atoms with E-state index in [0.29, 0.717) is 25.3 Å². The van der Waals surface area contributed by atoms with Gasteiger partial charge in [0, 0.05) is 33.0 Å². The monoisotopic (exact) mass is 624 g/mol. The first-order valence-electron chi connectivity index (χ1n) is 17.1. The van der Waals surface area contributed by atoms with Crippen LogP contribution in [0.25, 0.3) is 0 Å². The third kappa shape index (κ3) is 12.1. The number of terminal acetylenes is 1. The van der Waals surface area contributed by atoms with E-state index >= 15 is 0 Å². The Kier molecular flexibility index (Phi) is 15.3. The van der Waals surface area contributed by atoms with E-state index in [-0.39, 0.29) is 24.7 Å². The summed E-state index contributed by atoms with van der Waals surface area (Å²) in [5.41, 5.74) is 0.916. The van der Waals surface area contributed by atoms with Crippen LogP contribution in [0.5, 0.6) is 0 Å². The predicted molar refractivity (Wildman–Crippen MR) is 177 cm³/mol. The Balaban J connectivity index is 1.72. The summed E-state index contributed by atoms with van der Waals surface area (Å²) in [6.45, 7) is 7.27. The van der Waals surface area contributed by atoms with Crippen LogP contribution in [-0.4, -0.2) is 95.3 Å². The Morgan fingerprint density at radius 1 is 0.956 bits per heavy atom. The number of carbonyl (C=O) groups is 3. The number of hydrogen-bond donors (Lipinski definition) is 4. The van der Waals surface area contributed by atoms with Gasteiger partial charge in [-0.1, -0.05) is 76.3 Å². The van der Waals surface area contributed by atoms with Gasteiger partial charge in [0.25, 0.3) is 0 Å². The van der Waals surface area contributed by atoms with E-state index in [1.54, 1.807) is 11.9 Å². The van der Waals surface area contributed by atoms with Crippen LogP contribution >= 0.6 is 0 Å². The van der Waals surface area contributed by atoms with Crippen LogP contribution in [0.1, 0.15) is 83.6 Å². The summed E-state index contributed by atoms with van der Waals surface area (Å²) in [5.74, 6) is 1.17. The Morgan fingerprint density at radius 3 is 2.22 bits per heavy atom. The Morgan fingerprint density at radius 2 is 1.62 bits per heavy atom. The molecule has 0 unspecified atom stereocenters. The van der Waals surface area contributed by atoms with Crippen LogP contribution < -0.4 is 10.6 Å². The van der Waals surface area contributed by atoms with Crippen LogP contribution in [-0.2, 0) is 20.8 Å². The van der Waals surface area contributed by atoms with Crippen molar-refractivity contribution in [1.82, 2.24) is 20.4 Å². The summed E-state index contributed by atoms with van der Waals surface area (Å²) in [6, 6.07) is 7.85. The molecule has 2 fully saturated rings. The summed E-state index contributed by atoms with van der Waals surface area (Å²) in [5, 5.41) is 27.7. The quantitative estimate of drug-likeness (QED) is 0.176. The third-order valence-electron chi connectivity index (χ3n) is 9.65. The standard InChI is InChI=1S/C36H56N4O5/c1-5-14-30(36(45)38-31(24-27-17-12-9-13-18-27)34(43)33(42)28-19-20-28)37-35(44)29(23-26-15-10-8-11-16-26)25-32(41)39(4)21-22-40(6-2)7-3/h1,8,10-11,15-16,27-31,33-34,42-43H,6-7,9,12-14,17-25H2,2-4H3,(H,37,44)(H,38,45)/t29-,30+,31+,33+,34-/m1/s1. The molecule has 5 atom stereocenters. The first-order valence-corrected chi connectivity index (χ1v) is 17.1. The largest absolute Gasteiger partial charge is 0.390 e. The Hall–Kier alpha value is -2.93. The zero-order valence-electron chi connectivity index (χ0n) is 27.6. The number of aliphatic hydroxyl groups excluding tert-OH is 2. The lowest BCUT2D eigenvalue weighted by Gasteiger charge is -2.33. The summed E-state index contributed by atoms with van der Waals surface area (Å²) >= 11 is 0. The summed E-state index contributed by atoms with van der Waals surface area (Å²) in [6.07, 6.45) is 11.7. The molecule has 0 radical (unpaired) electrons. The van der Waals surface area contributed by atoms with Crippen LogP contribution in [0.2, 0.25) is 0 Å². The van der Waals surface area contributed by atoms with Crippen molar-refractivity contribution in [3.8, 4) is 12.3 Å². The Labute approximate surface area is 270 Å². The highest BCUT2D eigenvalue weighted by Crippen LogP contribution is 2.36. The number of carbonyl (C=O) groups excluding carboxylic acids is 3. The molecular formula is C36H56N4O5. The van der Waals surface area contributed by atoms with Crippen LogP contribution in [0.4, 0.5) is 0 Å². The molecule has 9 heteroatoms. The molecule has 9 nitrogen and oxygen atoms in total. The number of amides is 3. The van der Waals surface area contributed by atoms with Crippen molar-refractivity contribution >= 4 is 17.7 Å². The van der Waals surface area contributed by atoms with Gasteiger partial charge < -0.3 is 30.6 Å². The smallest absolute Gasteiger partial charge is 0.243 e. The highest BCUT2D eigenvalue weighted by Gasteiger charge is 2.40. The normalized spacial score (nSPS) is 18.7. The Bertz CT molecular complexity index is 1090. The van der Waals surface area contributed by atoms with E-state index in [1.807, 2.05) is 30.3 Å². The minimum Gasteiger partial charge on any atom is -0.390 e. The summed E-state index contributed by atoms with van der Waals surface area (Å²) in [7, 11) is 1.76. The van der Waals surface area contributed by atoms with Crippen molar-refractivity contribution in [1.29, 1.82) is 0 Å². The second-order valence-corrected chi connectivity index (χ2v) is 13.1. The molecule has 3 rings (SSSR count). The average molecular weight is 625 g/mol. The van der Waals surface area contributed by atoms with Crippen molar-refractivity contribution in [3.63, 3.8) is 0 Å². The van der Waals surface area contributed by atoms with E-state index in [0.717, 1.165) is 63.7 Å². The third-order valence-corrected chi connectivity index (χ3v) is 9.65. The number of nitrogens with one attached hydrogen (secondary N) is 2. The number of rotatable bonds is 19. The van der Waals surface area contributed by atoms with E-state index in [9.17, 15) is 24.6 Å². The molecule has 0 spiro atoms. The van der Waals surface area contributed by atoms with Crippen LogP contribution in [0.15, 0.2) is 30.3 Å². The molecule has 1 aromatic rings. The maximum absolute atomic E-state index is 13.8. The van der Waals surface area contributed by atoms with Gasteiger partial charge in [-0.15, -0.1) is 12.3 Å². The molecule has 2 saturated carbocycles. The molecule has 4 N–H and O–H groups in total. The fourth-order valence-corrected chi connectivity index (χ4v) is 6.40. The number of likely N-dealkylation sites (N-methyl/N-ethyl adjacent to an activating group) is 2. The van der Waals surface area contributed by atoms with E-state index < -0.39 is 42.0 Å². The van der Waals surface area contributed by atoms with Gasteiger partial charge in [-0.05, 0) is 56.2 Å². The van der Waals surface area contributed by atoms with Gasteiger partial charge in [-0.3, -0.25) is 14.4 Å². The van der Waals surface area contributed by atoms with Gasteiger partial charge in [-0.2, -0.15) is 0 Å². The van der Waals surface area contributed by atoms with Crippen molar-refractivity contribution in [2.45, 2.75) is 109 Å². The number of aliphatic hydroxyl groups is 2. The predicted octanol–water partition coefficient (Wildman–Crippen LogP) is 3.13. The summed E-state index contributed by atoms with van der Waals surface area (Å²) < 4.78 is 0. The molecule has 0 aromatic heterocycles. The minimum absolute atomic E-state index is 0.00350. The second-order valence-electron chi connectivity index (χ2n) is 13.1. The van der Waals surface area contributed by atoms with Gasteiger partial charge in [-0.25, -0.2) is 0 Å². The first kappa shape index (κ1) is 36.5. The zero-order valence-corrected chi connectivity index (χ0v) is 27.6. The second kappa shape index (κ2) is 18.9. The first-order chi connectivity index (χ1) is 21.7. The molecule has 1 aromatic carbocycles. The maximum atomic E-state index is 13.8. The van der Waals surface area contributed by atoms with Gasteiger partial charge in [0.05, 0.1) is 18.1 Å². The maximum Gasteiger partial charge on any atom is 0.243 e.